The number of hydrogen-bond donors (Lipinski definition) is 1. The summed E-state index contributed by atoms with van der Waals surface area (Å²) in [6, 6.07) is -0.821. The first-order chi connectivity index (χ1) is 4.11. The molecule has 1 nitrogen and oxygen atoms in total. The normalized spacial score (nSPS) is 42.3. The highest BCUT2D eigenvalue weighted by Crippen LogP contribution is 2.69. The Morgan fingerprint density at radius 3 is 1.78 bits per heavy atom. The minimum absolute atomic E-state index is 0.640. The van der Waals surface area contributed by atoms with Gasteiger partial charge in [-0.15, -0.1) is 0 Å². The van der Waals surface area contributed by atoms with Gasteiger partial charge in [-0.25, -0.2) is 8.78 Å². The molecule has 0 aromatic carbocycles. The van der Waals surface area contributed by atoms with Crippen LogP contribution in [0.1, 0.15) is 19.3 Å². The standard InChI is InChI=1S/C6H9F2N/c7-6(8)4(9)5(6)2-1-3-5/h4H,1-3,9H2. The number of halogens is 2. The maximum atomic E-state index is 12.5. The van der Waals surface area contributed by atoms with Crippen LogP contribution >= 0.6 is 0 Å². The van der Waals surface area contributed by atoms with E-state index in [2.05, 4.69) is 0 Å². The van der Waals surface area contributed by atoms with Crippen LogP contribution in [0.4, 0.5) is 8.78 Å². The number of nitrogens with two attached hydrogens (primary N) is 1. The van der Waals surface area contributed by atoms with E-state index >= 15 is 0 Å². The zero-order chi connectivity index (χ0) is 6.70. The van der Waals surface area contributed by atoms with E-state index in [0.29, 0.717) is 12.8 Å². The summed E-state index contributed by atoms with van der Waals surface area (Å²) in [6.45, 7) is 0. The molecule has 0 aliphatic heterocycles. The lowest BCUT2D eigenvalue weighted by molar-refractivity contribution is 0.0295. The van der Waals surface area contributed by atoms with Gasteiger partial charge in [-0.3, -0.25) is 0 Å². The molecule has 9 heavy (non-hydrogen) atoms. The largest absolute Gasteiger partial charge is 0.322 e. The summed E-state index contributed by atoms with van der Waals surface area (Å²) in [6.07, 6.45) is 2.21. The zero-order valence-electron chi connectivity index (χ0n) is 5.03. The molecular weight excluding hydrogens is 124 g/mol. The van der Waals surface area contributed by atoms with Crippen LogP contribution < -0.4 is 5.73 Å². The highest BCUT2D eigenvalue weighted by Gasteiger charge is 2.80. The molecule has 2 aliphatic carbocycles. The van der Waals surface area contributed by atoms with Gasteiger partial charge in [0.2, 0.25) is 0 Å². The molecule has 2 rings (SSSR count). The van der Waals surface area contributed by atoms with E-state index < -0.39 is 17.4 Å². The first-order valence-corrected chi connectivity index (χ1v) is 3.25. The van der Waals surface area contributed by atoms with Crippen LogP contribution in [-0.4, -0.2) is 12.0 Å². The van der Waals surface area contributed by atoms with Crippen LogP contribution in [0.15, 0.2) is 0 Å². The Kier molecular flexibility index (Phi) is 0.712. The molecule has 52 valence electrons. The van der Waals surface area contributed by atoms with Gasteiger partial charge in [0.15, 0.2) is 0 Å². The molecule has 2 saturated carbocycles. The summed E-state index contributed by atoms with van der Waals surface area (Å²) in [5, 5.41) is 0. The van der Waals surface area contributed by atoms with E-state index in [9.17, 15) is 8.78 Å². The smallest absolute Gasteiger partial charge is 0.270 e. The van der Waals surface area contributed by atoms with Gasteiger partial charge in [-0.1, -0.05) is 6.42 Å². The molecular formula is C6H9F2N. The van der Waals surface area contributed by atoms with Crippen molar-refractivity contribution in [2.45, 2.75) is 31.2 Å². The second-order valence-corrected chi connectivity index (χ2v) is 3.11. The van der Waals surface area contributed by atoms with E-state index in [4.69, 9.17) is 5.73 Å². The molecule has 0 aromatic rings. The third-order valence-electron chi connectivity index (χ3n) is 2.81. The van der Waals surface area contributed by atoms with Gasteiger partial charge in [-0.2, -0.15) is 0 Å². The molecule has 0 bridgehead atoms. The van der Waals surface area contributed by atoms with Crippen molar-refractivity contribution in [1.82, 2.24) is 0 Å². The van der Waals surface area contributed by atoms with E-state index in [1.807, 2.05) is 0 Å². The maximum Gasteiger partial charge on any atom is 0.270 e. The van der Waals surface area contributed by atoms with Gasteiger partial charge in [0.25, 0.3) is 5.92 Å². The van der Waals surface area contributed by atoms with Crippen LogP contribution in [0.2, 0.25) is 0 Å². The van der Waals surface area contributed by atoms with Crippen molar-refractivity contribution in [3.05, 3.63) is 0 Å². The first kappa shape index (κ1) is 5.59. The van der Waals surface area contributed by atoms with E-state index in [1.165, 1.54) is 0 Å². The average Bonchev–Trinajstić information content (AvgIpc) is 2.01. The second-order valence-electron chi connectivity index (χ2n) is 3.11. The fourth-order valence-electron chi connectivity index (χ4n) is 1.74. The summed E-state index contributed by atoms with van der Waals surface area (Å²) in [4.78, 5) is 0. The second kappa shape index (κ2) is 1.15. The molecule has 0 saturated heterocycles. The van der Waals surface area contributed by atoms with Gasteiger partial charge < -0.3 is 5.73 Å². The van der Waals surface area contributed by atoms with Crippen LogP contribution in [0.3, 0.4) is 0 Å². The van der Waals surface area contributed by atoms with Crippen LogP contribution in [0.5, 0.6) is 0 Å². The Balaban J connectivity index is 2.19. The summed E-state index contributed by atoms with van der Waals surface area (Å²) < 4.78 is 25.0. The maximum absolute atomic E-state index is 12.5. The van der Waals surface area contributed by atoms with Gasteiger partial charge in [-0.05, 0) is 12.8 Å². The molecule has 2 fully saturated rings. The first-order valence-electron chi connectivity index (χ1n) is 3.25. The fourth-order valence-corrected chi connectivity index (χ4v) is 1.74. The molecule has 1 spiro atoms. The van der Waals surface area contributed by atoms with Crippen LogP contribution in [0.25, 0.3) is 0 Å². The van der Waals surface area contributed by atoms with Crippen molar-refractivity contribution in [1.29, 1.82) is 0 Å². The van der Waals surface area contributed by atoms with Crippen molar-refractivity contribution in [3.63, 3.8) is 0 Å². The van der Waals surface area contributed by atoms with Crippen LogP contribution in [-0.2, 0) is 0 Å². The molecule has 0 amide bonds. The molecule has 0 aromatic heterocycles. The highest BCUT2D eigenvalue weighted by molar-refractivity contribution is 5.25. The average molecular weight is 133 g/mol. The summed E-state index contributed by atoms with van der Waals surface area (Å²) >= 11 is 0. The van der Waals surface area contributed by atoms with Gasteiger partial charge in [0, 0.05) is 0 Å². The SMILES string of the molecule is NC1C(F)(F)C12CCC2. The fraction of sp³-hybridized carbons (Fsp3) is 1.00. The van der Waals surface area contributed by atoms with Crippen molar-refractivity contribution in [2.75, 3.05) is 0 Å². The predicted molar refractivity (Wildman–Crippen MR) is 29.2 cm³/mol. The minimum Gasteiger partial charge on any atom is -0.322 e. The Hall–Kier alpha value is -0.180. The van der Waals surface area contributed by atoms with Crippen molar-refractivity contribution < 1.29 is 8.78 Å². The molecule has 0 heterocycles. The van der Waals surface area contributed by atoms with Gasteiger partial charge in [0.05, 0.1) is 11.5 Å². The summed E-state index contributed by atoms with van der Waals surface area (Å²) in [7, 11) is 0. The predicted octanol–water partition coefficient (Wildman–Crippen LogP) is 1.13. The van der Waals surface area contributed by atoms with Crippen molar-refractivity contribution in [3.8, 4) is 0 Å². The van der Waals surface area contributed by atoms with Gasteiger partial charge in [0.1, 0.15) is 0 Å². The van der Waals surface area contributed by atoms with Gasteiger partial charge >= 0.3 is 0 Å². The van der Waals surface area contributed by atoms with Crippen molar-refractivity contribution >= 4 is 0 Å². The van der Waals surface area contributed by atoms with E-state index in [-0.39, 0.29) is 0 Å². The number of alkyl halides is 2. The monoisotopic (exact) mass is 133 g/mol. The Bertz CT molecular complexity index is 151. The van der Waals surface area contributed by atoms with Crippen molar-refractivity contribution in [2.24, 2.45) is 11.1 Å². The van der Waals surface area contributed by atoms with Crippen LogP contribution in [0, 0.1) is 5.41 Å². The number of rotatable bonds is 0. The molecule has 3 heteroatoms. The zero-order valence-corrected chi connectivity index (χ0v) is 5.03. The lowest BCUT2D eigenvalue weighted by Crippen LogP contribution is -2.22. The summed E-state index contributed by atoms with van der Waals surface area (Å²) in [5.41, 5.74) is 4.46. The molecule has 2 aliphatic rings. The molecule has 1 atom stereocenters. The summed E-state index contributed by atoms with van der Waals surface area (Å²) in [5.74, 6) is -2.52. The Morgan fingerprint density at radius 1 is 1.33 bits per heavy atom. The Morgan fingerprint density at radius 2 is 1.78 bits per heavy atom. The Labute approximate surface area is 52.2 Å². The molecule has 0 radical (unpaired) electrons. The third kappa shape index (κ3) is 0.368. The lowest BCUT2D eigenvalue weighted by Gasteiger charge is -2.24. The minimum atomic E-state index is -2.52. The topological polar surface area (TPSA) is 26.0 Å². The van der Waals surface area contributed by atoms with E-state index in [1.54, 1.807) is 0 Å². The third-order valence-corrected chi connectivity index (χ3v) is 2.81. The highest BCUT2D eigenvalue weighted by atomic mass is 19.3. The lowest BCUT2D eigenvalue weighted by atomic mass is 9.80. The number of hydrogen-bond acceptors (Lipinski definition) is 1. The quantitative estimate of drug-likeness (QED) is 0.526. The molecule has 1 unspecified atom stereocenters. The molecule has 2 N–H and O–H groups in total. The van der Waals surface area contributed by atoms with E-state index in [0.717, 1.165) is 6.42 Å².